The number of hydrogen-bond donors (Lipinski definition) is 0. The maximum Gasteiger partial charge on any atom is 0.180 e. The Morgan fingerprint density at radius 3 is 2.65 bits per heavy atom. The fourth-order valence-corrected chi connectivity index (χ4v) is 2.54. The predicted molar refractivity (Wildman–Crippen MR) is 78.7 cm³/mol. The maximum atomic E-state index is 12.6. The molecule has 20 heavy (non-hydrogen) atoms. The van der Waals surface area contributed by atoms with Crippen LogP contribution >= 0.6 is 0 Å². The Balaban J connectivity index is 2.19. The molecule has 1 heterocycles. The fourth-order valence-electron chi connectivity index (χ4n) is 2.54. The van der Waals surface area contributed by atoms with E-state index >= 15 is 0 Å². The first-order valence-electron chi connectivity index (χ1n) is 7.19. The molecule has 2 rings (SSSR count). The van der Waals surface area contributed by atoms with Crippen LogP contribution in [0.3, 0.4) is 0 Å². The van der Waals surface area contributed by atoms with Crippen molar-refractivity contribution in [1.29, 1.82) is 0 Å². The number of carbonyl (C=O) groups excluding carboxylic acids is 1. The number of carbonyl (C=O) groups is 1. The highest BCUT2D eigenvalue weighted by molar-refractivity contribution is 6.00. The van der Waals surface area contributed by atoms with Gasteiger partial charge in [-0.2, -0.15) is 0 Å². The van der Waals surface area contributed by atoms with E-state index in [0.717, 1.165) is 30.0 Å². The molecule has 0 saturated carbocycles. The summed E-state index contributed by atoms with van der Waals surface area (Å²) in [5, 5.41) is 0. The molecule has 4 heteroatoms. The van der Waals surface area contributed by atoms with Gasteiger partial charge in [-0.05, 0) is 38.0 Å². The second-order valence-corrected chi connectivity index (χ2v) is 5.20. The van der Waals surface area contributed by atoms with Gasteiger partial charge >= 0.3 is 0 Å². The Kier molecular flexibility index (Phi) is 5.15. The number of ketones is 1. The van der Waals surface area contributed by atoms with Gasteiger partial charge in [-0.25, -0.2) is 0 Å². The number of ether oxygens (including phenoxy) is 2. The molecule has 0 aromatic heterocycles. The highest BCUT2D eigenvalue weighted by atomic mass is 16.5. The van der Waals surface area contributed by atoms with Gasteiger partial charge in [0, 0.05) is 13.1 Å². The van der Waals surface area contributed by atoms with Crippen LogP contribution in [0.15, 0.2) is 12.1 Å². The number of benzene rings is 1. The molecule has 0 amide bonds. The van der Waals surface area contributed by atoms with E-state index in [1.54, 1.807) is 0 Å². The molecule has 0 bridgehead atoms. The molecule has 1 aliphatic heterocycles. The second kappa shape index (κ2) is 6.86. The maximum absolute atomic E-state index is 12.6. The molecule has 0 unspecified atom stereocenters. The normalized spacial score (nSPS) is 16.1. The largest absolute Gasteiger partial charge is 0.493 e. The number of Topliss-reactive ketones (excluding diaryl/α,β-unsaturated/α-hetero) is 1. The summed E-state index contributed by atoms with van der Waals surface area (Å²) in [4.78, 5) is 14.7. The fraction of sp³-hybridized carbons (Fsp3) is 0.562. The summed E-state index contributed by atoms with van der Waals surface area (Å²) in [6.45, 7) is 10.00. The minimum Gasteiger partial charge on any atom is -0.493 e. The Hall–Kier alpha value is -1.39. The molecule has 110 valence electrons. The minimum atomic E-state index is 0.127. The third-order valence-electron chi connectivity index (χ3n) is 3.48. The average Bonchev–Trinajstić information content (AvgIpc) is 2.42. The van der Waals surface area contributed by atoms with Crippen LogP contribution in [0, 0.1) is 13.8 Å². The van der Waals surface area contributed by atoms with Crippen molar-refractivity contribution in [3.63, 3.8) is 0 Å². The first kappa shape index (κ1) is 15.0. The third kappa shape index (κ3) is 3.58. The van der Waals surface area contributed by atoms with Crippen LogP contribution in [0.2, 0.25) is 0 Å². The van der Waals surface area contributed by atoms with Crippen LogP contribution in [0.4, 0.5) is 0 Å². The van der Waals surface area contributed by atoms with Gasteiger partial charge in [0.1, 0.15) is 5.75 Å². The van der Waals surface area contributed by atoms with Crippen LogP contribution in [-0.4, -0.2) is 50.1 Å². The van der Waals surface area contributed by atoms with Crippen molar-refractivity contribution in [1.82, 2.24) is 4.90 Å². The molecule has 0 atom stereocenters. The van der Waals surface area contributed by atoms with Crippen LogP contribution < -0.4 is 4.74 Å². The molecule has 1 aromatic rings. The number of morpholine rings is 1. The molecule has 1 aliphatic rings. The first-order chi connectivity index (χ1) is 9.61. The Bertz CT molecular complexity index is 479. The monoisotopic (exact) mass is 277 g/mol. The molecular formula is C16H23NO3. The van der Waals surface area contributed by atoms with E-state index in [9.17, 15) is 4.79 Å². The highest BCUT2D eigenvalue weighted by Crippen LogP contribution is 2.26. The Morgan fingerprint density at radius 1 is 1.30 bits per heavy atom. The minimum absolute atomic E-state index is 0.127. The van der Waals surface area contributed by atoms with Crippen molar-refractivity contribution < 1.29 is 14.3 Å². The lowest BCUT2D eigenvalue weighted by Gasteiger charge is -2.26. The van der Waals surface area contributed by atoms with Gasteiger partial charge in [0.05, 0.1) is 31.9 Å². The Labute approximate surface area is 120 Å². The SMILES string of the molecule is CCOc1c(C)cc(C)cc1C(=O)CN1CCOCC1. The van der Waals surface area contributed by atoms with Gasteiger partial charge < -0.3 is 9.47 Å². The van der Waals surface area contributed by atoms with E-state index in [2.05, 4.69) is 11.0 Å². The molecule has 1 saturated heterocycles. The molecular weight excluding hydrogens is 254 g/mol. The molecule has 0 spiro atoms. The van der Waals surface area contributed by atoms with Gasteiger partial charge in [-0.1, -0.05) is 6.07 Å². The third-order valence-corrected chi connectivity index (χ3v) is 3.48. The van der Waals surface area contributed by atoms with E-state index in [1.165, 1.54) is 0 Å². The first-order valence-corrected chi connectivity index (χ1v) is 7.19. The summed E-state index contributed by atoms with van der Waals surface area (Å²) in [6.07, 6.45) is 0. The molecule has 1 aromatic carbocycles. The van der Waals surface area contributed by atoms with E-state index in [1.807, 2.05) is 26.8 Å². The standard InChI is InChI=1S/C16H23NO3/c1-4-20-16-13(3)9-12(2)10-14(16)15(18)11-17-5-7-19-8-6-17/h9-10H,4-8,11H2,1-3H3. The molecule has 0 aliphatic carbocycles. The summed E-state index contributed by atoms with van der Waals surface area (Å²) >= 11 is 0. The average molecular weight is 277 g/mol. The van der Waals surface area contributed by atoms with Gasteiger partial charge in [-0.15, -0.1) is 0 Å². The van der Waals surface area contributed by atoms with Crippen molar-refractivity contribution in [2.75, 3.05) is 39.5 Å². The van der Waals surface area contributed by atoms with Crippen molar-refractivity contribution in [2.24, 2.45) is 0 Å². The Morgan fingerprint density at radius 2 is 2.00 bits per heavy atom. The highest BCUT2D eigenvalue weighted by Gasteiger charge is 2.19. The van der Waals surface area contributed by atoms with E-state index in [4.69, 9.17) is 9.47 Å². The smallest absolute Gasteiger partial charge is 0.180 e. The zero-order chi connectivity index (χ0) is 14.5. The van der Waals surface area contributed by atoms with Gasteiger partial charge in [0.2, 0.25) is 0 Å². The predicted octanol–water partition coefficient (Wildman–Crippen LogP) is 2.22. The zero-order valence-electron chi connectivity index (χ0n) is 12.6. The second-order valence-electron chi connectivity index (χ2n) is 5.20. The summed E-state index contributed by atoms with van der Waals surface area (Å²) in [6, 6.07) is 3.98. The van der Waals surface area contributed by atoms with Crippen LogP contribution in [0.5, 0.6) is 5.75 Å². The van der Waals surface area contributed by atoms with Crippen molar-refractivity contribution >= 4 is 5.78 Å². The number of hydrogen-bond acceptors (Lipinski definition) is 4. The quantitative estimate of drug-likeness (QED) is 0.774. The molecule has 4 nitrogen and oxygen atoms in total. The van der Waals surface area contributed by atoms with Crippen LogP contribution in [0.1, 0.15) is 28.4 Å². The van der Waals surface area contributed by atoms with Gasteiger partial charge in [-0.3, -0.25) is 9.69 Å². The molecule has 0 N–H and O–H groups in total. The number of rotatable bonds is 5. The number of nitrogens with zero attached hydrogens (tertiary/aromatic N) is 1. The van der Waals surface area contributed by atoms with Crippen molar-refractivity contribution in [3.05, 3.63) is 28.8 Å². The molecule has 0 radical (unpaired) electrons. The summed E-state index contributed by atoms with van der Waals surface area (Å²) in [5.41, 5.74) is 2.82. The topological polar surface area (TPSA) is 38.8 Å². The van der Waals surface area contributed by atoms with Crippen molar-refractivity contribution in [3.8, 4) is 5.75 Å². The van der Waals surface area contributed by atoms with Crippen LogP contribution in [-0.2, 0) is 4.74 Å². The summed E-state index contributed by atoms with van der Waals surface area (Å²) < 4.78 is 11.0. The van der Waals surface area contributed by atoms with E-state index in [-0.39, 0.29) is 5.78 Å². The van der Waals surface area contributed by atoms with Crippen molar-refractivity contribution in [2.45, 2.75) is 20.8 Å². The van der Waals surface area contributed by atoms with Gasteiger partial charge in [0.15, 0.2) is 5.78 Å². The molecule has 1 fully saturated rings. The lowest BCUT2D eigenvalue weighted by Crippen LogP contribution is -2.39. The number of aryl methyl sites for hydroxylation is 2. The van der Waals surface area contributed by atoms with E-state index < -0.39 is 0 Å². The summed E-state index contributed by atoms with van der Waals surface area (Å²) in [5.74, 6) is 0.860. The zero-order valence-corrected chi connectivity index (χ0v) is 12.6. The van der Waals surface area contributed by atoms with Gasteiger partial charge in [0.25, 0.3) is 0 Å². The van der Waals surface area contributed by atoms with Crippen LogP contribution in [0.25, 0.3) is 0 Å². The summed E-state index contributed by atoms with van der Waals surface area (Å²) in [7, 11) is 0. The lowest BCUT2D eigenvalue weighted by molar-refractivity contribution is 0.0370. The van der Waals surface area contributed by atoms with E-state index in [0.29, 0.717) is 31.9 Å². The lowest BCUT2D eigenvalue weighted by atomic mass is 10.0.